The lowest BCUT2D eigenvalue weighted by atomic mass is 10.1. The van der Waals surface area contributed by atoms with Crippen molar-refractivity contribution in [3.8, 4) is 17.4 Å². The number of aliphatic hydroxyl groups excluding tert-OH is 1. The van der Waals surface area contributed by atoms with Crippen molar-refractivity contribution in [1.82, 2.24) is 19.7 Å². The Kier molecular flexibility index (Phi) is 6.46. The average molecular weight is 426 g/mol. The fraction of sp³-hybridized carbons (Fsp3) is 0.250. The Morgan fingerprint density at radius 1 is 1.16 bits per heavy atom. The number of carboxylic acids is 1. The van der Waals surface area contributed by atoms with Gasteiger partial charge in [0, 0.05) is 30.9 Å². The van der Waals surface area contributed by atoms with E-state index in [4.69, 9.17) is 9.47 Å². The van der Waals surface area contributed by atoms with E-state index in [0.717, 1.165) is 12.4 Å². The van der Waals surface area contributed by atoms with E-state index >= 15 is 0 Å². The van der Waals surface area contributed by atoms with Crippen LogP contribution in [0, 0.1) is 0 Å². The third-order valence-corrected chi connectivity index (χ3v) is 4.16. The first-order chi connectivity index (χ1) is 14.7. The first-order valence-electron chi connectivity index (χ1n) is 9.23. The van der Waals surface area contributed by atoms with E-state index in [0.29, 0.717) is 5.82 Å². The standard InChI is InChI=1S/C20H21N5O6/c1-11(26)12(2)30-14-6-13(19(27)23-17-4-5-25(3)24-17)7-15(8-14)31-18-10-21-16(9-22-18)20(28)29/h4-12,26H,1-3H3,(H,28,29)(H,23,24,27)/p-1/t11-,12-/m0/s1. The van der Waals surface area contributed by atoms with Crippen molar-refractivity contribution in [2.45, 2.75) is 26.1 Å². The fourth-order valence-corrected chi connectivity index (χ4v) is 2.41. The highest BCUT2D eigenvalue weighted by atomic mass is 16.5. The van der Waals surface area contributed by atoms with E-state index < -0.39 is 24.1 Å². The minimum absolute atomic E-state index is 0.00167. The van der Waals surface area contributed by atoms with Gasteiger partial charge in [0.05, 0.1) is 24.5 Å². The number of aliphatic hydroxyl groups is 1. The van der Waals surface area contributed by atoms with Crippen LogP contribution in [-0.4, -0.2) is 48.9 Å². The number of aryl methyl sites for hydroxylation is 1. The molecule has 0 radical (unpaired) electrons. The number of aromatic carboxylic acids is 1. The Hall–Kier alpha value is -3.99. The zero-order valence-electron chi connectivity index (χ0n) is 17.0. The highest BCUT2D eigenvalue weighted by molar-refractivity contribution is 6.04. The average Bonchev–Trinajstić information content (AvgIpc) is 3.12. The second-order valence-electron chi connectivity index (χ2n) is 6.71. The quantitative estimate of drug-likeness (QED) is 0.532. The Morgan fingerprint density at radius 3 is 2.48 bits per heavy atom. The van der Waals surface area contributed by atoms with Crippen LogP contribution in [0.1, 0.15) is 34.7 Å². The Morgan fingerprint density at radius 2 is 1.90 bits per heavy atom. The van der Waals surface area contributed by atoms with Crippen LogP contribution in [0.2, 0.25) is 0 Å². The molecule has 0 bridgehead atoms. The molecule has 0 spiro atoms. The van der Waals surface area contributed by atoms with E-state index in [1.807, 2.05) is 0 Å². The van der Waals surface area contributed by atoms with Gasteiger partial charge in [-0.3, -0.25) is 9.48 Å². The summed E-state index contributed by atoms with van der Waals surface area (Å²) >= 11 is 0. The number of benzene rings is 1. The summed E-state index contributed by atoms with van der Waals surface area (Å²) < 4.78 is 12.9. The van der Waals surface area contributed by atoms with Gasteiger partial charge in [-0.25, -0.2) is 9.97 Å². The molecule has 2 atom stereocenters. The molecular weight excluding hydrogens is 406 g/mol. The zero-order chi connectivity index (χ0) is 22.5. The summed E-state index contributed by atoms with van der Waals surface area (Å²) in [5.41, 5.74) is -0.138. The summed E-state index contributed by atoms with van der Waals surface area (Å²) in [6.45, 7) is 3.25. The summed E-state index contributed by atoms with van der Waals surface area (Å²) in [7, 11) is 1.72. The number of hydrogen-bond acceptors (Lipinski definition) is 9. The second kappa shape index (κ2) is 9.22. The monoisotopic (exact) mass is 426 g/mol. The number of hydrogen-bond donors (Lipinski definition) is 2. The number of carboxylic acid groups (broad SMARTS) is 1. The SMILES string of the molecule is C[C@H](O)[C@H](C)Oc1cc(Oc2cnc(C(=O)[O-])cn2)cc(C(=O)Nc2ccn(C)n2)c1. The number of carbonyl (C=O) groups excluding carboxylic acids is 2. The molecule has 3 rings (SSSR count). The molecule has 11 nitrogen and oxygen atoms in total. The molecule has 0 unspecified atom stereocenters. The molecule has 0 aliphatic rings. The fourth-order valence-electron chi connectivity index (χ4n) is 2.41. The summed E-state index contributed by atoms with van der Waals surface area (Å²) in [5.74, 6) is -1.09. The number of ether oxygens (including phenoxy) is 2. The highest BCUT2D eigenvalue weighted by Crippen LogP contribution is 2.28. The topological polar surface area (TPSA) is 152 Å². The molecule has 3 aromatic rings. The molecule has 2 N–H and O–H groups in total. The molecule has 0 aliphatic heterocycles. The van der Waals surface area contributed by atoms with E-state index in [2.05, 4.69) is 20.4 Å². The van der Waals surface area contributed by atoms with Crippen molar-refractivity contribution in [3.05, 3.63) is 54.1 Å². The van der Waals surface area contributed by atoms with Crippen LogP contribution in [0.4, 0.5) is 5.82 Å². The molecule has 1 aromatic carbocycles. The lowest BCUT2D eigenvalue weighted by Crippen LogP contribution is -2.25. The Labute approximate surface area is 177 Å². The predicted molar refractivity (Wildman–Crippen MR) is 106 cm³/mol. The van der Waals surface area contributed by atoms with Crippen molar-refractivity contribution >= 4 is 17.7 Å². The maximum atomic E-state index is 12.7. The molecule has 11 heteroatoms. The van der Waals surface area contributed by atoms with Gasteiger partial charge in [-0.05, 0) is 26.0 Å². The molecule has 2 heterocycles. The van der Waals surface area contributed by atoms with Gasteiger partial charge in [-0.2, -0.15) is 5.10 Å². The van der Waals surface area contributed by atoms with Gasteiger partial charge in [0.25, 0.3) is 5.91 Å². The van der Waals surface area contributed by atoms with E-state index in [9.17, 15) is 19.8 Å². The van der Waals surface area contributed by atoms with Crippen molar-refractivity contribution in [2.75, 3.05) is 5.32 Å². The smallest absolute Gasteiger partial charge is 0.257 e. The summed E-state index contributed by atoms with van der Waals surface area (Å²) in [6, 6.07) is 6.09. The van der Waals surface area contributed by atoms with Gasteiger partial charge < -0.3 is 29.8 Å². The number of anilines is 1. The van der Waals surface area contributed by atoms with Gasteiger partial charge in [-0.1, -0.05) is 0 Å². The molecule has 31 heavy (non-hydrogen) atoms. The predicted octanol–water partition coefficient (Wildman–Crippen LogP) is 0.766. The van der Waals surface area contributed by atoms with Gasteiger partial charge in [0.2, 0.25) is 5.88 Å². The van der Waals surface area contributed by atoms with Crippen LogP contribution >= 0.6 is 0 Å². The maximum absolute atomic E-state index is 12.7. The van der Waals surface area contributed by atoms with Crippen LogP contribution in [0.15, 0.2) is 42.9 Å². The Balaban J connectivity index is 1.88. The molecule has 2 aromatic heterocycles. The molecule has 162 valence electrons. The molecule has 0 fully saturated rings. The van der Waals surface area contributed by atoms with E-state index in [-0.39, 0.29) is 28.6 Å². The summed E-state index contributed by atoms with van der Waals surface area (Å²) in [4.78, 5) is 31.0. The van der Waals surface area contributed by atoms with Crippen molar-refractivity contribution < 1.29 is 29.3 Å². The van der Waals surface area contributed by atoms with Crippen LogP contribution in [0.25, 0.3) is 0 Å². The number of nitrogens with one attached hydrogen (secondary N) is 1. The molecular formula is C20H20N5O6-. The summed E-state index contributed by atoms with van der Waals surface area (Å²) in [5, 5.41) is 27.3. The van der Waals surface area contributed by atoms with Crippen molar-refractivity contribution in [2.24, 2.45) is 7.05 Å². The van der Waals surface area contributed by atoms with Crippen LogP contribution in [0.3, 0.4) is 0 Å². The molecule has 0 saturated heterocycles. The van der Waals surface area contributed by atoms with Gasteiger partial charge in [0.1, 0.15) is 23.3 Å². The van der Waals surface area contributed by atoms with Gasteiger partial charge in [-0.15, -0.1) is 0 Å². The molecule has 1 amide bonds. The second-order valence-corrected chi connectivity index (χ2v) is 6.71. The lowest BCUT2D eigenvalue weighted by molar-refractivity contribution is -0.255. The third kappa shape index (κ3) is 5.76. The number of rotatable bonds is 8. The zero-order valence-corrected chi connectivity index (χ0v) is 17.0. The number of carbonyl (C=O) groups is 2. The van der Waals surface area contributed by atoms with E-state index in [1.54, 1.807) is 37.8 Å². The van der Waals surface area contributed by atoms with E-state index in [1.165, 1.54) is 18.2 Å². The minimum atomic E-state index is -1.46. The minimum Gasteiger partial charge on any atom is -0.543 e. The van der Waals surface area contributed by atoms with Gasteiger partial charge in [0.15, 0.2) is 5.82 Å². The maximum Gasteiger partial charge on any atom is 0.257 e. The Bertz CT molecular complexity index is 1080. The first-order valence-corrected chi connectivity index (χ1v) is 9.23. The normalized spacial score (nSPS) is 12.6. The van der Waals surface area contributed by atoms with Crippen molar-refractivity contribution in [3.63, 3.8) is 0 Å². The lowest BCUT2D eigenvalue weighted by Gasteiger charge is -2.18. The summed E-state index contributed by atoms with van der Waals surface area (Å²) in [6.07, 6.45) is 2.49. The highest BCUT2D eigenvalue weighted by Gasteiger charge is 2.16. The van der Waals surface area contributed by atoms with Gasteiger partial charge >= 0.3 is 0 Å². The number of aromatic nitrogens is 4. The number of amides is 1. The number of nitrogens with zero attached hydrogens (tertiary/aromatic N) is 4. The third-order valence-electron chi connectivity index (χ3n) is 4.16. The largest absolute Gasteiger partial charge is 0.543 e. The van der Waals surface area contributed by atoms with Crippen LogP contribution in [0.5, 0.6) is 17.4 Å². The van der Waals surface area contributed by atoms with Crippen LogP contribution < -0.4 is 19.9 Å². The van der Waals surface area contributed by atoms with Crippen molar-refractivity contribution in [1.29, 1.82) is 0 Å². The molecule has 0 saturated carbocycles. The molecule has 0 aliphatic carbocycles. The first kappa shape index (κ1) is 21.7. The van der Waals surface area contributed by atoms with Crippen LogP contribution in [-0.2, 0) is 7.05 Å².